The number of hydrogen-bond donors (Lipinski definition) is 0. The molecule has 2 aromatic carbocycles. The van der Waals surface area contributed by atoms with Gasteiger partial charge in [-0.15, -0.1) is 0 Å². The van der Waals surface area contributed by atoms with E-state index in [4.69, 9.17) is 9.47 Å². The Kier molecular flexibility index (Phi) is 12.2. The zero-order valence-corrected chi connectivity index (χ0v) is 25.5. The van der Waals surface area contributed by atoms with Gasteiger partial charge in [0.15, 0.2) is 0 Å². The maximum absolute atomic E-state index is 13.7. The van der Waals surface area contributed by atoms with Crippen LogP contribution in [0.25, 0.3) is 0 Å². The third-order valence-corrected chi connectivity index (χ3v) is 7.70. The Morgan fingerprint density at radius 2 is 1.64 bits per heavy atom. The highest BCUT2D eigenvalue weighted by molar-refractivity contribution is 5.99. The van der Waals surface area contributed by atoms with Crippen LogP contribution in [0.3, 0.4) is 0 Å². The Bertz CT molecular complexity index is 1230. The SMILES string of the molecule is COc1ccccc1C(=O)N1CCCCN(C)C(=O)[C@H](CCCN(C)C(C)=O)N(C)C(=O)c2ccccc2OCCC1. The lowest BCUT2D eigenvalue weighted by Crippen LogP contribution is -2.49. The fourth-order valence-electron chi connectivity index (χ4n) is 5.02. The third-order valence-electron chi connectivity index (χ3n) is 7.70. The van der Waals surface area contributed by atoms with Crippen molar-refractivity contribution < 1.29 is 28.7 Å². The summed E-state index contributed by atoms with van der Waals surface area (Å²) in [5, 5.41) is 0. The van der Waals surface area contributed by atoms with Crippen molar-refractivity contribution in [3.63, 3.8) is 0 Å². The van der Waals surface area contributed by atoms with Gasteiger partial charge < -0.3 is 29.1 Å². The number of carbonyl (C=O) groups excluding carboxylic acids is 4. The highest BCUT2D eigenvalue weighted by atomic mass is 16.5. The summed E-state index contributed by atoms with van der Waals surface area (Å²) in [5.41, 5.74) is 0.871. The predicted molar refractivity (Wildman–Crippen MR) is 161 cm³/mol. The second-order valence-electron chi connectivity index (χ2n) is 10.7. The molecule has 0 bridgehead atoms. The number of hydrogen-bond acceptors (Lipinski definition) is 6. The van der Waals surface area contributed by atoms with E-state index in [1.807, 2.05) is 12.1 Å². The van der Waals surface area contributed by atoms with Crippen LogP contribution in [0.15, 0.2) is 48.5 Å². The topological polar surface area (TPSA) is 99.7 Å². The predicted octanol–water partition coefficient (Wildman–Crippen LogP) is 3.56. The van der Waals surface area contributed by atoms with Crippen LogP contribution in [0, 0.1) is 0 Å². The van der Waals surface area contributed by atoms with Gasteiger partial charge in [0, 0.05) is 54.2 Å². The summed E-state index contributed by atoms with van der Waals surface area (Å²) in [6.07, 6.45) is 2.94. The quantitative estimate of drug-likeness (QED) is 0.518. The molecule has 42 heavy (non-hydrogen) atoms. The van der Waals surface area contributed by atoms with Crippen molar-refractivity contribution in [2.24, 2.45) is 0 Å². The maximum atomic E-state index is 13.7. The van der Waals surface area contributed by atoms with Crippen molar-refractivity contribution in [1.29, 1.82) is 0 Å². The van der Waals surface area contributed by atoms with Crippen molar-refractivity contribution in [2.45, 2.75) is 45.1 Å². The molecule has 0 spiro atoms. The molecule has 1 aliphatic rings. The molecule has 0 radical (unpaired) electrons. The summed E-state index contributed by atoms with van der Waals surface area (Å²) in [4.78, 5) is 59.1. The van der Waals surface area contributed by atoms with Crippen LogP contribution >= 0.6 is 0 Å². The van der Waals surface area contributed by atoms with E-state index in [0.29, 0.717) is 87.5 Å². The molecule has 0 saturated carbocycles. The van der Waals surface area contributed by atoms with Crippen LogP contribution < -0.4 is 9.47 Å². The van der Waals surface area contributed by atoms with Crippen LogP contribution in [-0.2, 0) is 9.59 Å². The molecule has 0 unspecified atom stereocenters. The molecule has 1 heterocycles. The third kappa shape index (κ3) is 8.47. The van der Waals surface area contributed by atoms with Crippen molar-refractivity contribution in [3.8, 4) is 11.5 Å². The van der Waals surface area contributed by atoms with Gasteiger partial charge in [-0.1, -0.05) is 24.3 Å². The number of ether oxygens (including phenoxy) is 2. The molecule has 1 aliphatic heterocycles. The van der Waals surface area contributed by atoms with Crippen molar-refractivity contribution in [1.82, 2.24) is 19.6 Å². The molecule has 10 heteroatoms. The van der Waals surface area contributed by atoms with Crippen molar-refractivity contribution in [3.05, 3.63) is 59.7 Å². The Hall–Kier alpha value is -4.08. The Morgan fingerprint density at radius 3 is 2.38 bits per heavy atom. The zero-order valence-electron chi connectivity index (χ0n) is 25.5. The molecular formula is C32H44N4O6. The summed E-state index contributed by atoms with van der Waals surface area (Å²) in [6.45, 7) is 3.78. The molecular weight excluding hydrogens is 536 g/mol. The molecule has 0 fully saturated rings. The van der Waals surface area contributed by atoms with Crippen LogP contribution in [0.2, 0.25) is 0 Å². The second kappa shape index (κ2) is 15.8. The van der Waals surface area contributed by atoms with E-state index < -0.39 is 6.04 Å². The average Bonchev–Trinajstić information content (AvgIpc) is 3.00. The van der Waals surface area contributed by atoms with Gasteiger partial charge in [0.25, 0.3) is 11.8 Å². The van der Waals surface area contributed by atoms with E-state index in [1.54, 1.807) is 79.4 Å². The van der Waals surface area contributed by atoms with Crippen LogP contribution in [0.4, 0.5) is 0 Å². The molecule has 10 nitrogen and oxygen atoms in total. The van der Waals surface area contributed by atoms with Gasteiger partial charge in [0.05, 0.1) is 24.8 Å². The fraction of sp³-hybridized carbons (Fsp3) is 0.500. The molecule has 2 aromatic rings. The van der Waals surface area contributed by atoms with E-state index in [2.05, 4.69) is 0 Å². The molecule has 0 aliphatic carbocycles. The maximum Gasteiger partial charge on any atom is 0.258 e. The summed E-state index contributed by atoms with van der Waals surface area (Å²) < 4.78 is 11.5. The van der Waals surface area contributed by atoms with E-state index in [0.717, 1.165) is 0 Å². The highest BCUT2D eigenvalue weighted by Crippen LogP contribution is 2.24. The lowest BCUT2D eigenvalue weighted by molar-refractivity contribution is -0.134. The Morgan fingerprint density at radius 1 is 0.976 bits per heavy atom. The van der Waals surface area contributed by atoms with Crippen LogP contribution in [0.5, 0.6) is 11.5 Å². The monoisotopic (exact) mass is 580 g/mol. The smallest absolute Gasteiger partial charge is 0.258 e. The summed E-state index contributed by atoms with van der Waals surface area (Å²) in [7, 11) is 6.66. The van der Waals surface area contributed by atoms with Gasteiger partial charge in [0.2, 0.25) is 11.8 Å². The normalized spacial score (nSPS) is 17.4. The minimum absolute atomic E-state index is 0.0508. The number of likely N-dealkylation sites (N-methyl/N-ethyl adjacent to an activating group) is 2. The molecule has 1 atom stereocenters. The van der Waals surface area contributed by atoms with Gasteiger partial charge in [0.1, 0.15) is 17.5 Å². The van der Waals surface area contributed by atoms with Gasteiger partial charge in [-0.05, 0) is 56.4 Å². The van der Waals surface area contributed by atoms with Gasteiger partial charge >= 0.3 is 0 Å². The lowest BCUT2D eigenvalue weighted by atomic mass is 10.1. The minimum atomic E-state index is -0.701. The number of fused-ring (bicyclic) bond motifs is 1. The van der Waals surface area contributed by atoms with Crippen LogP contribution in [0.1, 0.15) is 59.7 Å². The first-order chi connectivity index (χ1) is 20.1. The summed E-state index contributed by atoms with van der Waals surface area (Å²) in [5.74, 6) is 0.310. The van der Waals surface area contributed by atoms with Crippen LogP contribution in [-0.4, -0.2) is 110 Å². The molecule has 0 saturated heterocycles. The molecule has 0 aromatic heterocycles. The zero-order chi connectivity index (χ0) is 30.6. The number of carbonyl (C=O) groups is 4. The number of methoxy groups -OCH3 is 1. The Labute approximate surface area is 249 Å². The van der Waals surface area contributed by atoms with E-state index in [-0.39, 0.29) is 23.6 Å². The first-order valence-electron chi connectivity index (χ1n) is 14.5. The first-order valence-corrected chi connectivity index (χ1v) is 14.5. The largest absolute Gasteiger partial charge is 0.496 e. The van der Waals surface area contributed by atoms with Gasteiger partial charge in [-0.3, -0.25) is 19.2 Å². The molecule has 3 rings (SSSR count). The minimum Gasteiger partial charge on any atom is -0.496 e. The lowest BCUT2D eigenvalue weighted by Gasteiger charge is -2.32. The number of rotatable bonds is 6. The summed E-state index contributed by atoms with van der Waals surface area (Å²) >= 11 is 0. The van der Waals surface area contributed by atoms with E-state index >= 15 is 0 Å². The second-order valence-corrected chi connectivity index (χ2v) is 10.7. The standard InChI is InChI=1S/C32H44N4O6/c1-24(37)33(2)20-12-16-27-32(40)34(3)19-10-11-21-36(31(39)25-14-6-8-17-28(25)41-5)22-13-23-42-29-18-9-7-15-26(29)30(38)35(27)4/h6-9,14-15,17-18,27H,10-13,16,19-23H2,1-5H3/t27-/m0/s1. The van der Waals surface area contributed by atoms with Crippen molar-refractivity contribution in [2.75, 3.05) is 61.0 Å². The average molecular weight is 581 g/mol. The molecule has 4 amide bonds. The molecule has 228 valence electrons. The number of nitrogens with zero attached hydrogens (tertiary/aromatic N) is 4. The van der Waals surface area contributed by atoms with E-state index in [9.17, 15) is 19.2 Å². The molecule has 0 N–H and O–H groups in total. The summed E-state index contributed by atoms with van der Waals surface area (Å²) in [6, 6.07) is 13.5. The van der Waals surface area contributed by atoms with Gasteiger partial charge in [-0.2, -0.15) is 0 Å². The Balaban J connectivity index is 1.85. The first kappa shape index (κ1) is 32.4. The van der Waals surface area contributed by atoms with Gasteiger partial charge in [-0.25, -0.2) is 0 Å². The van der Waals surface area contributed by atoms with Crippen molar-refractivity contribution >= 4 is 23.6 Å². The highest BCUT2D eigenvalue weighted by Gasteiger charge is 2.31. The fourth-order valence-corrected chi connectivity index (χ4v) is 5.02. The number of benzene rings is 2. The van der Waals surface area contributed by atoms with E-state index in [1.165, 1.54) is 11.8 Å². The number of amides is 4. The number of para-hydroxylation sites is 2.